The first-order valence-electron chi connectivity index (χ1n) is 4.97. The maximum atomic E-state index is 13.1. The van der Waals surface area contributed by atoms with Crippen molar-refractivity contribution in [2.75, 3.05) is 0 Å². The van der Waals surface area contributed by atoms with Gasteiger partial charge in [-0.2, -0.15) is 13.2 Å². The average Bonchev–Trinajstić information content (AvgIpc) is 2.32. The van der Waals surface area contributed by atoms with E-state index in [1.165, 1.54) is 12.3 Å². The lowest BCUT2D eigenvalue weighted by molar-refractivity contribution is -0.112. The number of carbonyl (C=O) groups excluding carboxylic acids is 1. The van der Waals surface area contributed by atoms with Crippen molar-refractivity contribution < 1.29 is 22.4 Å². The Kier molecular flexibility index (Phi) is 2.80. The molecule has 0 aliphatic heterocycles. The molecule has 0 aromatic carbocycles. The second kappa shape index (κ2) is 4.04. The Balaban J connectivity index is 2.56. The van der Waals surface area contributed by atoms with Crippen molar-refractivity contribution in [3.8, 4) is 0 Å². The summed E-state index contributed by atoms with van der Waals surface area (Å²) < 4.78 is 52.2. The van der Waals surface area contributed by atoms with E-state index in [1.54, 1.807) is 13.0 Å². The fourth-order valence-corrected chi connectivity index (χ4v) is 1.55. The van der Waals surface area contributed by atoms with Gasteiger partial charge in [-0.3, -0.25) is 9.78 Å². The molecule has 1 aliphatic rings. The van der Waals surface area contributed by atoms with E-state index in [1.807, 2.05) is 0 Å². The summed E-state index contributed by atoms with van der Waals surface area (Å²) in [4.78, 5) is 15.1. The van der Waals surface area contributed by atoms with Gasteiger partial charge in [-0.1, -0.05) is 0 Å². The maximum absolute atomic E-state index is 13.1. The largest absolute Gasteiger partial charge is 0.321 e. The van der Waals surface area contributed by atoms with Crippen LogP contribution in [-0.2, 0) is 4.79 Å². The summed E-state index contributed by atoms with van der Waals surface area (Å²) >= 11 is 0. The van der Waals surface area contributed by atoms with Crippen LogP contribution in [0.2, 0.25) is 0 Å². The first-order chi connectivity index (χ1) is 8.33. The predicted octanol–water partition coefficient (Wildman–Crippen LogP) is 3.14. The highest BCUT2D eigenvalue weighted by Gasteiger charge is 2.44. The van der Waals surface area contributed by atoms with E-state index in [4.69, 9.17) is 0 Å². The molecule has 1 aromatic rings. The number of hydrogen-bond donors (Lipinski definition) is 0. The zero-order valence-corrected chi connectivity index (χ0v) is 9.18. The third kappa shape index (κ3) is 1.94. The van der Waals surface area contributed by atoms with Gasteiger partial charge in [0.1, 0.15) is 0 Å². The molecule has 2 nitrogen and oxygen atoms in total. The molecule has 0 amide bonds. The molecule has 1 aromatic heterocycles. The molecule has 2 rings (SSSR count). The van der Waals surface area contributed by atoms with Gasteiger partial charge in [-0.05, 0) is 24.6 Å². The first kappa shape index (κ1) is 12.5. The van der Waals surface area contributed by atoms with Crippen molar-refractivity contribution in [1.29, 1.82) is 0 Å². The fraction of sp³-hybridized carbons (Fsp3) is 0.167. The molecule has 1 heterocycles. The summed E-state index contributed by atoms with van der Waals surface area (Å²) in [5.41, 5.74) is -0.0858. The number of Topliss-reactive ketones (excluding diaryl/α,β-unsaturated/α-hetero) is 1. The zero-order valence-electron chi connectivity index (χ0n) is 9.18. The molecule has 1 aliphatic carbocycles. The Hall–Kier alpha value is -1.98. The van der Waals surface area contributed by atoms with Gasteiger partial charge in [0.15, 0.2) is 0 Å². The number of allylic oxidation sites excluding steroid dienone is 4. The molecule has 0 N–H and O–H groups in total. The Morgan fingerprint density at radius 1 is 1.28 bits per heavy atom. The molecule has 0 atom stereocenters. The average molecular weight is 257 g/mol. The van der Waals surface area contributed by atoms with Crippen LogP contribution in [0, 0.1) is 6.92 Å². The van der Waals surface area contributed by atoms with Gasteiger partial charge in [0, 0.05) is 12.3 Å². The SMILES string of the molecule is Cc1ccnc(C2=CC(F)(F)C(F)=C(F)C2=O)c1. The first-order valence-corrected chi connectivity index (χ1v) is 4.97. The molecule has 0 saturated carbocycles. The lowest BCUT2D eigenvalue weighted by Gasteiger charge is -2.17. The van der Waals surface area contributed by atoms with Crippen LogP contribution in [0.3, 0.4) is 0 Å². The van der Waals surface area contributed by atoms with E-state index in [-0.39, 0.29) is 11.8 Å². The smallest absolute Gasteiger partial charge is 0.286 e. The molecule has 0 fully saturated rings. The van der Waals surface area contributed by atoms with E-state index < -0.39 is 28.9 Å². The summed E-state index contributed by atoms with van der Waals surface area (Å²) in [5.74, 6) is -9.97. The number of carbonyl (C=O) groups is 1. The number of aromatic nitrogens is 1. The summed E-state index contributed by atoms with van der Waals surface area (Å²) in [6.07, 6.45) is 1.39. The molecule has 0 saturated heterocycles. The van der Waals surface area contributed by atoms with Gasteiger partial charge in [-0.25, -0.2) is 4.39 Å². The van der Waals surface area contributed by atoms with Gasteiger partial charge in [0.25, 0.3) is 0 Å². The minimum Gasteiger partial charge on any atom is -0.286 e. The second-order valence-corrected chi connectivity index (χ2v) is 3.86. The summed E-state index contributed by atoms with van der Waals surface area (Å²) in [7, 11) is 0. The van der Waals surface area contributed by atoms with Crippen molar-refractivity contribution >= 4 is 11.4 Å². The van der Waals surface area contributed by atoms with Crippen LogP contribution in [0.25, 0.3) is 5.57 Å². The van der Waals surface area contributed by atoms with Gasteiger partial charge < -0.3 is 0 Å². The number of ketones is 1. The van der Waals surface area contributed by atoms with Crippen LogP contribution in [-0.4, -0.2) is 16.7 Å². The van der Waals surface area contributed by atoms with Crippen LogP contribution in [0.15, 0.2) is 36.1 Å². The van der Waals surface area contributed by atoms with E-state index in [0.29, 0.717) is 5.56 Å². The number of pyridine rings is 1. The van der Waals surface area contributed by atoms with Crippen molar-refractivity contribution in [2.24, 2.45) is 0 Å². The number of nitrogens with zero attached hydrogens (tertiary/aromatic N) is 1. The van der Waals surface area contributed by atoms with Crippen LogP contribution >= 0.6 is 0 Å². The van der Waals surface area contributed by atoms with Gasteiger partial charge in [0.2, 0.25) is 17.4 Å². The number of alkyl halides is 2. The minimum atomic E-state index is -4.13. The molecular formula is C12H7F4NO. The van der Waals surface area contributed by atoms with E-state index in [2.05, 4.69) is 4.98 Å². The highest BCUT2D eigenvalue weighted by Crippen LogP contribution is 2.38. The standard InChI is InChI=1S/C12H7F4NO/c1-6-2-3-17-8(4-6)7-5-12(15,16)11(14)9(13)10(7)18/h2-5H,1H3. The van der Waals surface area contributed by atoms with Gasteiger partial charge >= 0.3 is 5.92 Å². The maximum Gasteiger partial charge on any atom is 0.321 e. The predicted molar refractivity (Wildman–Crippen MR) is 56.1 cm³/mol. The van der Waals surface area contributed by atoms with Crippen LogP contribution < -0.4 is 0 Å². The van der Waals surface area contributed by atoms with Crippen LogP contribution in [0.5, 0.6) is 0 Å². The summed E-state index contributed by atoms with van der Waals surface area (Å²) in [6, 6.07) is 2.93. The second-order valence-electron chi connectivity index (χ2n) is 3.86. The molecule has 94 valence electrons. The Morgan fingerprint density at radius 3 is 2.56 bits per heavy atom. The van der Waals surface area contributed by atoms with Crippen molar-refractivity contribution in [3.05, 3.63) is 47.3 Å². The lowest BCUT2D eigenvalue weighted by atomic mass is 9.96. The minimum absolute atomic E-state index is 0.0928. The van der Waals surface area contributed by atoms with Crippen LogP contribution in [0.4, 0.5) is 17.6 Å². The van der Waals surface area contributed by atoms with E-state index in [0.717, 1.165) is 0 Å². The normalized spacial score (nSPS) is 18.9. The summed E-state index contributed by atoms with van der Waals surface area (Å²) in [6.45, 7) is 1.66. The molecular weight excluding hydrogens is 250 g/mol. The van der Waals surface area contributed by atoms with Gasteiger partial charge in [-0.15, -0.1) is 0 Å². The van der Waals surface area contributed by atoms with Gasteiger partial charge in [0.05, 0.1) is 11.3 Å². The summed E-state index contributed by atoms with van der Waals surface area (Å²) in [5, 5.41) is 0. The Bertz CT molecular complexity index is 589. The molecule has 0 spiro atoms. The zero-order chi connectivity index (χ0) is 13.5. The third-order valence-electron chi connectivity index (χ3n) is 2.45. The highest BCUT2D eigenvalue weighted by atomic mass is 19.3. The molecule has 0 unspecified atom stereocenters. The highest BCUT2D eigenvalue weighted by molar-refractivity contribution is 6.28. The number of hydrogen-bond acceptors (Lipinski definition) is 2. The van der Waals surface area contributed by atoms with Crippen molar-refractivity contribution in [3.63, 3.8) is 0 Å². The molecule has 0 bridgehead atoms. The van der Waals surface area contributed by atoms with E-state index >= 15 is 0 Å². The molecule has 6 heteroatoms. The Labute approximate surface area is 99.6 Å². The number of aryl methyl sites for hydroxylation is 1. The van der Waals surface area contributed by atoms with Crippen molar-refractivity contribution in [2.45, 2.75) is 12.8 Å². The third-order valence-corrected chi connectivity index (χ3v) is 2.45. The lowest BCUT2D eigenvalue weighted by Crippen LogP contribution is -2.24. The molecule has 18 heavy (non-hydrogen) atoms. The Morgan fingerprint density at radius 2 is 1.94 bits per heavy atom. The monoisotopic (exact) mass is 257 g/mol. The number of halogens is 4. The van der Waals surface area contributed by atoms with E-state index in [9.17, 15) is 22.4 Å². The topological polar surface area (TPSA) is 30.0 Å². The van der Waals surface area contributed by atoms with Crippen molar-refractivity contribution in [1.82, 2.24) is 4.98 Å². The quantitative estimate of drug-likeness (QED) is 0.723. The number of rotatable bonds is 1. The molecule has 0 radical (unpaired) electrons. The van der Waals surface area contributed by atoms with Crippen LogP contribution in [0.1, 0.15) is 11.3 Å². The fourth-order valence-electron chi connectivity index (χ4n) is 1.55.